The Bertz CT molecular complexity index is 1290. The fourth-order valence-corrected chi connectivity index (χ4v) is 6.24. The molecule has 0 saturated carbocycles. The Kier molecular flexibility index (Phi) is 4.53. The van der Waals surface area contributed by atoms with Crippen molar-refractivity contribution >= 4 is 48.8 Å². The SMILES string of the molecule is C[C@@H]1COCCN1c1nc(-c2cccc3c2CC(=O)N3)nc2c(S(C)(=O)=O)csc12. The number of amides is 1. The van der Waals surface area contributed by atoms with E-state index in [0.717, 1.165) is 21.5 Å². The second-order valence-electron chi connectivity index (χ2n) is 7.59. The number of aromatic nitrogens is 2. The van der Waals surface area contributed by atoms with Crippen LogP contribution in [0.3, 0.4) is 0 Å². The molecule has 0 aliphatic carbocycles. The van der Waals surface area contributed by atoms with Crippen LogP contribution < -0.4 is 10.2 Å². The van der Waals surface area contributed by atoms with Crippen LogP contribution in [0.2, 0.25) is 0 Å². The molecule has 1 amide bonds. The molecular weight excluding hydrogens is 424 g/mol. The van der Waals surface area contributed by atoms with Gasteiger partial charge in [-0.05, 0) is 18.6 Å². The van der Waals surface area contributed by atoms with E-state index in [2.05, 4.69) is 22.1 Å². The summed E-state index contributed by atoms with van der Waals surface area (Å²) in [5.74, 6) is 1.06. The van der Waals surface area contributed by atoms with Crippen LogP contribution in [-0.4, -0.2) is 56.3 Å². The summed E-state index contributed by atoms with van der Waals surface area (Å²) in [5.41, 5.74) is 2.74. The first-order chi connectivity index (χ1) is 14.3. The van der Waals surface area contributed by atoms with Crippen molar-refractivity contribution in [2.45, 2.75) is 24.3 Å². The molecule has 1 fully saturated rings. The maximum absolute atomic E-state index is 12.4. The number of ether oxygens (including phenoxy) is 1. The summed E-state index contributed by atoms with van der Waals surface area (Å²) in [5, 5.41) is 4.48. The molecule has 2 aromatic heterocycles. The number of benzene rings is 1. The Labute approximate surface area is 177 Å². The second kappa shape index (κ2) is 7.00. The zero-order chi connectivity index (χ0) is 21.0. The van der Waals surface area contributed by atoms with Gasteiger partial charge in [0.05, 0.1) is 30.4 Å². The van der Waals surface area contributed by atoms with Gasteiger partial charge >= 0.3 is 0 Å². The Hall–Kier alpha value is -2.56. The summed E-state index contributed by atoms with van der Waals surface area (Å²) in [6.45, 7) is 3.87. The predicted molar refractivity (Wildman–Crippen MR) is 116 cm³/mol. The fourth-order valence-electron chi connectivity index (χ4n) is 3.96. The van der Waals surface area contributed by atoms with Gasteiger partial charge in [0.1, 0.15) is 10.4 Å². The lowest BCUT2D eigenvalue weighted by atomic mass is 10.0. The average Bonchev–Trinajstić information content (AvgIpc) is 3.29. The van der Waals surface area contributed by atoms with Crippen molar-refractivity contribution in [1.29, 1.82) is 0 Å². The van der Waals surface area contributed by atoms with Crippen LogP contribution in [0.1, 0.15) is 12.5 Å². The van der Waals surface area contributed by atoms with Gasteiger partial charge in [-0.2, -0.15) is 0 Å². The number of nitrogens with one attached hydrogen (secondary N) is 1. The van der Waals surface area contributed by atoms with Crippen LogP contribution >= 0.6 is 11.3 Å². The van der Waals surface area contributed by atoms with Gasteiger partial charge in [0, 0.05) is 29.4 Å². The Morgan fingerprint density at radius 3 is 2.90 bits per heavy atom. The predicted octanol–water partition coefficient (Wildman–Crippen LogP) is 2.48. The molecule has 1 saturated heterocycles. The highest BCUT2D eigenvalue weighted by atomic mass is 32.2. The largest absolute Gasteiger partial charge is 0.377 e. The van der Waals surface area contributed by atoms with Gasteiger partial charge in [0.15, 0.2) is 21.5 Å². The van der Waals surface area contributed by atoms with Crippen LogP contribution in [-0.2, 0) is 25.8 Å². The Morgan fingerprint density at radius 2 is 2.13 bits per heavy atom. The van der Waals surface area contributed by atoms with Crippen molar-refractivity contribution < 1.29 is 17.9 Å². The van der Waals surface area contributed by atoms with E-state index >= 15 is 0 Å². The molecule has 3 aromatic rings. The average molecular weight is 445 g/mol. The number of morpholine rings is 1. The van der Waals surface area contributed by atoms with E-state index in [1.54, 1.807) is 5.38 Å². The zero-order valence-electron chi connectivity index (χ0n) is 16.5. The standard InChI is InChI=1S/C20H20N4O4S2/c1-11-9-28-7-6-24(11)20-18-17(15(10-29-18)30(2,26)27)22-19(23-20)12-4-3-5-14-13(12)8-16(25)21-14/h3-5,10-11H,6-9H2,1-2H3,(H,21,25)/t11-/m1/s1. The summed E-state index contributed by atoms with van der Waals surface area (Å²) in [7, 11) is -3.46. The lowest BCUT2D eigenvalue weighted by molar-refractivity contribution is -0.115. The van der Waals surface area contributed by atoms with E-state index in [4.69, 9.17) is 9.72 Å². The molecule has 0 bridgehead atoms. The summed E-state index contributed by atoms with van der Waals surface area (Å²) < 4.78 is 31.1. The number of hydrogen-bond donors (Lipinski definition) is 1. The minimum Gasteiger partial charge on any atom is -0.377 e. The van der Waals surface area contributed by atoms with E-state index in [0.29, 0.717) is 36.9 Å². The van der Waals surface area contributed by atoms with E-state index in [-0.39, 0.29) is 23.3 Å². The van der Waals surface area contributed by atoms with Crippen molar-refractivity contribution in [3.8, 4) is 11.4 Å². The third-order valence-electron chi connectivity index (χ3n) is 5.43. The molecule has 0 radical (unpaired) electrons. The normalized spacial score (nSPS) is 19.2. The summed E-state index contributed by atoms with van der Waals surface area (Å²) in [6.07, 6.45) is 1.44. The molecule has 0 spiro atoms. The van der Waals surface area contributed by atoms with Crippen molar-refractivity contribution in [2.75, 3.05) is 36.2 Å². The molecule has 30 heavy (non-hydrogen) atoms. The molecule has 10 heteroatoms. The fraction of sp³-hybridized carbons (Fsp3) is 0.350. The quantitative estimate of drug-likeness (QED) is 0.662. The molecule has 5 rings (SSSR count). The molecule has 1 N–H and O–H groups in total. The number of sulfone groups is 1. The number of nitrogens with zero attached hydrogens (tertiary/aromatic N) is 3. The lowest BCUT2D eigenvalue weighted by Gasteiger charge is -2.34. The maximum atomic E-state index is 12.4. The minimum absolute atomic E-state index is 0.0760. The molecular formula is C20H20N4O4S2. The number of fused-ring (bicyclic) bond motifs is 2. The minimum atomic E-state index is -3.46. The van der Waals surface area contributed by atoms with Crippen molar-refractivity contribution in [2.24, 2.45) is 0 Å². The van der Waals surface area contributed by atoms with Crippen LogP contribution in [0, 0.1) is 0 Å². The van der Waals surface area contributed by atoms with Gasteiger partial charge in [0.25, 0.3) is 0 Å². The van der Waals surface area contributed by atoms with Gasteiger partial charge in [-0.25, -0.2) is 18.4 Å². The van der Waals surface area contributed by atoms with Crippen LogP contribution in [0.4, 0.5) is 11.5 Å². The molecule has 156 valence electrons. The third kappa shape index (κ3) is 3.15. The maximum Gasteiger partial charge on any atom is 0.228 e. The highest BCUT2D eigenvalue weighted by Crippen LogP contribution is 2.39. The number of hydrogen-bond acceptors (Lipinski definition) is 8. The van der Waals surface area contributed by atoms with Gasteiger partial charge < -0.3 is 15.0 Å². The van der Waals surface area contributed by atoms with E-state index in [1.807, 2.05) is 18.2 Å². The van der Waals surface area contributed by atoms with Crippen molar-refractivity contribution in [3.05, 3.63) is 29.1 Å². The highest BCUT2D eigenvalue weighted by Gasteiger charge is 2.28. The van der Waals surface area contributed by atoms with E-state index in [1.165, 1.54) is 17.6 Å². The number of rotatable bonds is 3. The molecule has 4 heterocycles. The van der Waals surface area contributed by atoms with Crippen molar-refractivity contribution in [3.63, 3.8) is 0 Å². The first kappa shape index (κ1) is 19.4. The molecule has 1 atom stereocenters. The Morgan fingerprint density at radius 1 is 1.30 bits per heavy atom. The number of carbonyl (C=O) groups excluding carboxylic acids is 1. The first-order valence-corrected chi connectivity index (χ1v) is 12.4. The van der Waals surface area contributed by atoms with Gasteiger partial charge in [-0.1, -0.05) is 12.1 Å². The second-order valence-corrected chi connectivity index (χ2v) is 10.5. The molecule has 0 unspecified atom stereocenters. The summed E-state index contributed by atoms with van der Waals surface area (Å²) in [6, 6.07) is 5.66. The summed E-state index contributed by atoms with van der Waals surface area (Å²) in [4.78, 5) is 23.9. The van der Waals surface area contributed by atoms with E-state index in [9.17, 15) is 13.2 Å². The highest BCUT2D eigenvalue weighted by molar-refractivity contribution is 7.91. The first-order valence-electron chi connectivity index (χ1n) is 9.58. The number of carbonyl (C=O) groups is 1. The number of thiophene rings is 1. The zero-order valence-corrected chi connectivity index (χ0v) is 18.1. The van der Waals surface area contributed by atoms with Crippen LogP contribution in [0.5, 0.6) is 0 Å². The lowest BCUT2D eigenvalue weighted by Crippen LogP contribution is -2.44. The monoisotopic (exact) mass is 444 g/mol. The van der Waals surface area contributed by atoms with Crippen molar-refractivity contribution in [1.82, 2.24) is 9.97 Å². The van der Waals surface area contributed by atoms with Crippen LogP contribution in [0.15, 0.2) is 28.5 Å². The number of anilines is 2. The third-order valence-corrected chi connectivity index (χ3v) is 7.66. The molecule has 2 aliphatic rings. The topological polar surface area (TPSA) is 101 Å². The molecule has 1 aromatic carbocycles. The molecule has 2 aliphatic heterocycles. The van der Waals surface area contributed by atoms with E-state index < -0.39 is 9.84 Å². The summed E-state index contributed by atoms with van der Waals surface area (Å²) >= 11 is 1.34. The van der Waals surface area contributed by atoms with Gasteiger partial charge in [0.2, 0.25) is 5.91 Å². The Balaban J connectivity index is 1.78. The molecule has 8 nitrogen and oxygen atoms in total. The van der Waals surface area contributed by atoms with Gasteiger partial charge in [-0.3, -0.25) is 4.79 Å². The van der Waals surface area contributed by atoms with Crippen LogP contribution in [0.25, 0.3) is 21.6 Å². The van der Waals surface area contributed by atoms with Gasteiger partial charge in [-0.15, -0.1) is 11.3 Å². The smallest absolute Gasteiger partial charge is 0.228 e.